The van der Waals surface area contributed by atoms with E-state index in [9.17, 15) is 5.26 Å². The van der Waals surface area contributed by atoms with Crippen molar-refractivity contribution in [1.82, 2.24) is 4.98 Å². The van der Waals surface area contributed by atoms with Crippen LogP contribution in [0.4, 0.5) is 11.4 Å². The zero-order chi connectivity index (χ0) is 19.7. The number of nitrogens with zero attached hydrogens (tertiary/aromatic N) is 4. The molecule has 0 unspecified atom stereocenters. The van der Waals surface area contributed by atoms with Gasteiger partial charge in [0.2, 0.25) is 5.75 Å². The number of nitriles is 1. The number of aliphatic imine (C=N–C) groups is 2. The Labute approximate surface area is 161 Å². The summed E-state index contributed by atoms with van der Waals surface area (Å²) in [7, 11) is 4.66. The van der Waals surface area contributed by atoms with Crippen molar-refractivity contribution in [2.45, 2.75) is 6.42 Å². The van der Waals surface area contributed by atoms with Crippen LogP contribution in [0.5, 0.6) is 17.2 Å². The van der Waals surface area contributed by atoms with Gasteiger partial charge in [-0.2, -0.15) is 5.26 Å². The van der Waals surface area contributed by atoms with Gasteiger partial charge >= 0.3 is 0 Å². The largest absolute Gasteiger partial charge is 0.493 e. The fourth-order valence-electron chi connectivity index (χ4n) is 3.23. The molecule has 8 heteroatoms. The van der Waals surface area contributed by atoms with E-state index in [1.165, 1.54) is 6.34 Å². The molecule has 0 saturated carbocycles. The zero-order valence-corrected chi connectivity index (χ0v) is 15.6. The fourth-order valence-corrected chi connectivity index (χ4v) is 3.23. The lowest BCUT2D eigenvalue weighted by Crippen LogP contribution is -2.13. The molecule has 0 saturated heterocycles. The molecule has 1 aliphatic heterocycles. The number of benzene rings is 1. The predicted octanol–water partition coefficient (Wildman–Crippen LogP) is 3.10. The average molecular weight is 375 g/mol. The van der Waals surface area contributed by atoms with Gasteiger partial charge in [0.1, 0.15) is 12.4 Å². The Bertz CT molecular complexity index is 1070. The second-order valence-electron chi connectivity index (χ2n) is 6.08. The summed E-state index contributed by atoms with van der Waals surface area (Å²) in [5.74, 6) is 1.52. The van der Waals surface area contributed by atoms with Gasteiger partial charge in [0, 0.05) is 36.0 Å². The summed E-state index contributed by atoms with van der Waals surface area (Å²) < 4.78 is 16.2. The molecule has 1 aromatic heterocycles. The standard InChI is InChI=1S/C20H17N5O3/c1-26-17-4-12(5-18(27-2)20(17)28-3)25-19-11(8-21)9-22-14-7-16-15(6-13(14)19)23-10-24-16/h4-6,9-10H,7H2,1-3H3,(H,22,25). The first kappa shape index (κ1) is 17.5. The van der Waals surface area contributed by atoms with Crippen molar-refractivity contribution >= 4 is 29.5 Å². The maximum absolute atomic E-state index is 9.60. The summed E-state index contributed by atoms with van der Waals surface area (Å²) in [5.41, 5.74) is 5.08. The van der Waals surface area contributed by atoms with E-state index in [0.29, 0.717) is 40.6 Å². The molecule has 2 heterocycles. The Kier molecular flexibility index (Phi) is 4.41. The third kappa shape index (κ3) is 2.83. The van der Waals surface area contributed by atoms with Gasteiger partial charge in [-0.15, -0.1) is 0 Å². The zero-order valence-electron chi connectivity index (χ0n) is 15.6. The highest BCUT2D eigenvalue weighted by molar-refractivity contribution is 6.14. The third-order valence-corrected chi connectivity index (χ3v) is 4.58. The summed E-state index contributed by atoms with van der Waals surface area (Å²) in [6.45, 7) is 0. The lowest BCUT2D eigenvalue weighted by molar-refractivity contribution is 0.324. The normalized spacial score (nSPS) is 13.6. The topological polar surface area (TPSA) is 101 Å². The van der Waals surface area contributed by atoms with E-state index in [-0.39, 0.29) is 0 Å². The van der Waals surface area contributed by atoms with Crippen molar-refractivity contribution in [3.8, 4) is 23.3 Å². The van der Waals surface area contributed by atoms with Crippen LogP contribution in [0.1, 0.15) is 16.8 Å². The average Bonchev–Trinajstić information content (AvgIpc) is 3.19. The molecule has 1 aliphatic carbocycles. The first-order valence-electron chi connectivity index (χ1n) is 8.48. The smallest absolute Gasteiger partial charge is 0.203 e. The molecule has 4 rings (SSSR count). The van der Waals surface area contributed by atoms with Crippen LogP contribution in [0.15, 0.2) is 34.0 Å². The summed E-state index contributed by atoms with van der Waals surface area (Å²) in [4.78, 5) is 13.0. The Morgan fingerprint density at radius 2 is 1.86 bits per heavy atom. The highest BCUT2D eigenvalue weighted by Gasteiger charge is 2.24. The monoisotopic (exact) mass is 375 g/mol. The number of allylic oxidation sites excluding steroid dienone is 1. The van der Waals surface area contributed by atoms with E-state index >= 15 is 0 Å². The molecule has 8 nitrogen and oxygen atoms in total. The molecule has 0 radical (unpaired) electrons. The molecule has 0 fully saturated rings. The van der Waals surface area contributed by atoms with Crippen LogP contribution in [0.3, 0.4) is 0 Å². The molecule has 28 heavy (non-hydrogen) atoms. The van der Waals surface area contributed by atoms with Crippen molar-refractivity contribution in [2.75, 3.05) is 26.6 Å². The Morgan fingerprint density at radius 1 is 1.11 bits per heavy atom. The lowest BCUT2D eigenvalue weighted by Gasteiger charge is -2.20. The number of aromatic nitrogens is 1. The van der Waals surface area contributed by atoms with Crippen molar-refractivity contribution < 1.29 is 14.2 Å². The van der Waals surface area contributed by atoms with Crippen LogP contribution in [-0.4, -0.2) is 38.4 Å². The highest BCUT2D eigenvalue weighted by atomic mass is 16.5. The minimum absolute atomic E-state index is 0.423. The number of anilines is 2. The van der Waals surface area contributed by atoms with Gasteiger partial charge in [-0.25, -0.2) is 9.98 Å². The molecule has 2 aromatic rings. The molecule has 140 valence electrons. The minimum atomic E-state index is 0.423. The van der Waals surface area contributed by atoms with Crippen molar-refractivity contribution in [2.24, 2.45) is 9.98 Å². The first-order chi connectivity index (χ1) is 13.7. The van der Waals surface area contributed by atoms with Crippen LogP contribution in [-0.2, 0) is 6.42 Å². The quantitative estimate of drug-likeness (QED) is 0.862. The fraction of sp³-hybridized carbons (Fsp3) is 0.200. The molecule has 1 aromatic carbocycles. The van der Waals surface area contributed by atoms with Crippen LogP contribution >= 0.6 is 0 Å². The summed E-state index contributed by atoms with van der Waals surface area (Å²) >= 11 is 0. The molecule has 1 N–H and O–H groups in total. The van der Waals surface area contributed by atoms with Crippen molar-refractivity contribution in [3.05, 3.63) is 40.8 Å². The number of hydrogen-bond donors (Lipinski definition) is 1. The van der Waals surface area contributed by atoms with Gasteiger partial charge in [0.15, 0.2) is 11.5 Å². The first-order valence-corrected chi connectivity index (χ1v) is 8.48. The van der Waals surface area contributed by atoms with Gasteiger partial charge in [-0.3, -0.25) is 4.98 Å². The number of nitrogens with one attached hydrogen (secondary N) is 1. The maximum Gasteiger partial charge on any atom is 0.203 e. The summed E-state index contributed by atoms with van der Waals surface area (Å²) in [6, 6.07) is 5.76. The highest BCUT2D eigenvalue weighted by Crippen LogP contribution is 2.42. The van der Waals surface area contributed by atoms with E-state index in [1.807, 2.05) is 6.08 Å². The number of fused-ring (bicyclic) bond motifs is 2. The van der Waals surface area contributed by atoms with Crippen LogP contribution in [0.2, 0.25) is 0 Å². The third-order valence-electron chi connectivity index (χ3n) is 4.58. The minimum Gasteiger partial charge on any atom is -0.493 e. The summed E-state index contributed by atoms with van der Waals surface area (Å²) in [6.07, 6.45) is 5.56. The molecular formula is C20H17N5O3. The molecule has 0 spiro atoms. The van der Waals surface area contributed by atoms with Crippen molar-refractivity contribution in [1.29, 1.82) is 5.26 Å². The van der Waals surface area contributed by atoms with Gasteiger partial charge in [0.25, 0.3) is 0 Å². The predicted molar refractivity (Wildman–Crippen MR) is 106 cm³/mol. The molecule has 0 atom stereocenters. The summed E-state index contributed by atoms with van der Waals surface area (Å²) in [5, 5.41) is 12.9. The Morgan fingerprint density at radius 3 is 2.50 bits per heavy atom. The molecule has 2 aliphatic rings. The van der Waals surface area contributed by atoms with Crippen LogP contribution < -0.4 is 19.5 Å². The van der Waals surface area contributed by atoms with E-state index < -0.39 is 0 Å². The number of pyridine rings is 1. The van der Waals surface area contributed by atoms with Gasteiger partial charge in [-0.05, 0) is 6.08 Å². The second-order valence-corrected chi connectivity index (χ2v) is 6.08. The van der Waals surface area contributed by atoms with E-state index in [0.717, 1.165) is 22.7 Å². The van der Waals surface area contributed by atoms with E-state index in [1.54, 1.807) is 39.7 Å². The van der Waals surface area contributed by atoms with Crippen LogP contribution in [0.25, 0.3) is 6.08 Å². The Hall–Kier alpha value is -3.86. The van der Waals surface area contributed by atoms with Gasteiger partial charge in [0.05, 0.1) is 49.7 Å². The van der Waals surface area contributed by atoms with E-state index in [2.05, 4.69) is 26.4 Å². The molecular weight excluding hydrogens is 358 g/mol. The van der Waals surface area contributed by atoms with Gasteiger partial charge < -0.3 is 19.5 Å². The van der Waals surface area contributed by atoms with Gasteiger partial charge in [-0.1, -0.05) is 0 Å². The van der Waals surface area contributed by atoms with Crippen molar-refractivity contribution in [3.63, 3.8) is 0 Å². The molecule has 0 bridgehead atoms. The lowest BCUT2D eigenvalue weighted by atomic mass is 9.95. The number of rotatable bonds is 5. The number of hydrogen-bond acceptors (Lipinski definition) is 8. The van der Waals surface area contributed by atoms with Crippen LogP contribution in [0, 0.1) is 11.3 Å². The Balaban J connectivity index is 1.83. The number of ether oxygens (including phenoxy) is 3. The SMILES string of the molecule is COc1cc(Nc2c(C#N)cnc3c2C=C2N=CN=C2C3)cc(OC)c1OC. The van der Waals surface area contributed by atoms with E-state index in [4.69, 9.17) is 14.2 Å². The molecule has 0 amide bonds. The maximum atomic E-state index is 9.60. The second kappa shape index (κ2) is 7.04. The number of methoxy groups -OCH3 is 3.